The first-order chi connectivity index (χ1) is 19.9. The van der Waals surface area contributed by atoms with Crippen LogP contribution in [0.5, 0.6) is 11.5 Å². The average Bonchev–Trinajstić information content (AvgIpc) is 3.32. The Kier molecular flexibility index (Phi) is 10.5. The van der Waals surface area contributed by atoms with E-state index in [1.807, 2.05) is 36.4 Å². The second kappa shape index (κ2) is 14.7. The summed E-state index contributed by atoms with van der Waals surface area (Å²) in [5.74, 6) is 0.0507. The van der Waals surface area contributed by atoms with Gasteiger partial charge in [-0.15, -0.1) is 0 Å². The van der Waals surface area contributed by atoms with Gasteiger partial charge >= 0.3 is 17.9 Å². The molecule has 41 heavy (non-hydrogen) atoms. The zero-order valence-corrected chi connectivity index (χ0v) is 23.2. The van der Waals surface area contributed by atoms with Crippen LogP contribution in [0.3, 0.4) is 0 Å². The van der Waals surface area contributed by atoms with Crippen LogP contribution in [-0.4, -0.2) is 37.7 Å². The fraction of sp³-hybridized carbons (Fsp3) is 0.265. The van der Waals surface area contributed by atoms with E-state index >= 15 is 0 Å². The third-order valence-electron chi connectivity index (χ3n) is 6.74. The van der Waals surface area contributed by atoms with E-state index in [-0.39, 0.29) is 12.1 Å². The summed E-state index contributed by atoms with van der Waals surface area (Å²) in [6.45, 7) is 4.31. The molecule has 7 nitrogen and oxygen atoms in total. The number of carbonyl (C=O) groups is 3. The highest BCUT2D eigenvalue weighted by molar-refractivity contribution is 5.91. The summed E-state index contributed by atoms with van der Waals surface area (Å²) in [5.41, 5.74) is 3.86. The molecule has 0 aliphatic carbocycles. The summed E-state index contributed by atoms with van der Waals surface area (Å²) in [6, 6.07) is 21.9. The molecule has 3 aromatic carbocycles. The molecule has 212 valence electrons. The fourth-order valence-corrected chi connectivity index (χ4v) is 4.40. The van der Waals surface area contributed by atoms with Crippen LogP contribution in [0.4, 0.5) is 0 Å². The van der Waals surface area contributed by atoms with Crippen molar-refractivity contribution in [2.75, 3.05) is 13.7 Å². The highest BCUT2D eigenvalue weighted by Gasteiger charge is 2.26. The molecule has 1 saturated heterocycles. The molecule has 0 spiro atoms. The largest absolute Gasteiger partial charge is 0.494 e. The molecule has 1 heterocycles. The quantitative estimate of drug-likeness (QED) is 0.0977. The number of unbranched alkanes of at least 4 members (excludes halogenated alkanes) is 3. The van der Waals surface area contributed by atoms with Crippen molar-refractivity contribution in [3.05, 3.63) is 102 Å². The molecular weight excluding hydrogens is 520 g/mol. The fourth-order valence-electron chi connectivity index (χ4n) is 4.40. The maximum Gasteiger partial charge on any atom is 0.343 e. The minimum atomic E-state index is -0.442. The van der Waals surface area contributed by atoms with Gasteiger partial charge in [-0.1, -0.05) is 55.8 Å². The predicted octanol–water partition coefficient (Wildman–Crippen LogP) is 6.96. The lowest BCUT2D eigenvalue weighted by atomic mass is 10.0. The monoisotopic (exact) mass is 554 g/mol. The van der Waals surface area contributed by atoms with E-state index in [2.05, 4.69) is 11.3 Å². The standard InChI is InChI=1S/C34H34O7/c1-24-23-31(41-33(24)36)7-5-3-4-6-22-39-29-17-15-28(16-18-29)34(37)40-30-19-13-27(14-20-30)26-11-8-25(9-12-26)10-21-32(35)38-2/h8-21,31H,1,3-7,22-23H2,2H3/b21-10+. The Hall–Kier alpha value is -4.65. The lowest BCUT2D eigenvalue weighted by molar-refractivity contribution is -0.139. The first-order valence-corrected chi connectivity index (χ1v) is 13.7. The molecule has 1 unspecified atom stereocenters. The number of methoxy groups -OCH3 is 1. The highest BCUT2D eigenvalue weighted by Crippen LogP contribution is 2.25. The number of carbonyl (C=O) groups excluding carboxylic acids is 3. The third kappa shape index (κ3) is 8.93. The first kappa shape index (κ1) is 29.3. The second-order valence-corrected chi connectivity index (χ2v) is 9.80. The molecule has 0 N–H and O–H groups in total. The lowest BCUT2D eigenvalue weighted by Crippen LogP contribution is -2.08. The molecule has 4 rings (SSSR count). The van der Waals surface area contributed by atoms with Crippen LogP contribution in [0.15, 0.2) is 91.0 Å². The van der Waals surface area contributed by atoms with E-state index in [4.69, 9.17) is 14.2 Å². The SMILES string of the molecule is C=C1CC(CCCCCCOc2ccc(C(=O)Oc3ccc(-c4ccc(/C=C/C(=O)OC)cc4)cc3)cc2)OC1=O. The summed E-state index contributed by atoms with van der Waals surface area (Å²) in [7, 11) is 1.34. The van der Waals surface area contributed by atoms with E-state index in [0.29, 0.717) is 35.7 Å². The van der Waals surface area contributed by atoms with Gasteiger partial charge in [0.1, 0.15) is 17.6 Å². The molecule has 3 aromatic rings. The van der Waals surface area contributed by atoms with Gasteiger partial charge in [-0.05, 0) is 78.4 Å². The normalized spacial score (nSPS) is 14.6. The summed E-state index contributed by atoms with van der Waals surface area (Å²) in [5, 5.41) is 0. The number of esters is 3. The molecule has 1 atom stereocenters. The van der Waals surface area contributed by atoms with Crippen LogP contribution in [0, 0.1) is 0 Å². The maximum atomic E-state index is 12.6. The Morgan fingerprint density at radius 1 is 0.878 bits per heavy atom. The van der Waals surface area contributed by atoms with Gasteiger partial charge in [-0.3, -0.25) is 0 Å². The van der Waals surface area contributed by atoms with Gasteiger partial charge in [0.25, 0.3) is 0 Å². The molecule has 1 fully saturated rings. The minimum Gasteiger partial charge on any atom is -0.494 e. The third-order valence-corrected chi connectivity index (χ3v) is 6.74. The maximum absolute atomic E-state index is 12.6. The molecule has 0 aromatic heterocycles. The van der Waals surface area contributed by atoms with Crippen LogP contribution < -0.4 is 9.47 Å². The van der Waals surface area contributed by atoms with Crippen molar-refractivity contribution in [3.63, 3.8) is 0 Å². The van der Waals surface area contributed by atoms with Gasteiger partial charge in [0.05, 0.1) is 19.3 Å². The van der Waals surface area contributed by atoms with Gasteiger partial charge in [0.15, 0.2) is 0 Å². The molecule has 0 radical (unpaired) electrons. The average molecular weight is 555 g/mol. The first-order valence-electron chi connectivity index (χ1n) is 13.7. The van der Waals surface area contributed by atoms with Gasteiger partial charge in [-0.25, -0.2) is 14.4 Å². The van der Waals surface area contributed by atoms with E-state index in [9.17, 15) is 14.4 Å². The van der Waals surface area contributed by atoms with Crippen molar-refractivity contribution in [1.82, 2.24) is 0 Å². The number of benzene rings is 3. The summed E-state index contributed by atoms with van der Waals surface area (Å²) in [4.78, 5) is 35.2. The molecule has 0 bridgehead atoms. The van der Waals surface area contributed by atoms with Crippen LogP contribution >= 0.6 is 0 Å². The van der Waals surface area contributed by atoms with Gasteiger partial charge in [0.2, 0.25) is 0 Å². The van der Waals surface area contributed by atoms with Crippen molar-refractivity contribution in [2.24, 2.45) is 0 Å². The Morgan fingerprint density at radius 2 is 1.51 bits per heavy atom. The summed E-state index contributed by atoms with van der Waals surface area (Å²) < 4.78 is 21.2. The lowest BCUT2D eigenvalue weighted by Gasteiger charge is -2.09. The van der Waals surface area contributed by atoms with Gasteiger partial charge in [-0.2, -0.15) is 0 Å². The number of rotatable bonds is 13. The van der Waals surface area contributed by atoms with Crippen LogP contribution in [0.2, 0.25) is 0 Å². The Balaban J connectivity index is 1.16. The smallest absolute Gasteiger partial charge is 0.343 e. The minimum absolute atomic E-state index is 0.0100. The van der Waals surface area contributed by atoms with Crippen LogP contribution in [-0.2, 0) is 19.1 Å². The number of ether oxygens (including phenoxy) is 4. The predicted molar refractivity (Wildman–Crippen MR) is 157 cm³/mol. The van der Waals surface area contributed by atoms with E-state index in [1.165, 1.54) is 13.2 Å². The van der Waals surface area contributed by atoms with Crippen molar-refractivity contribution < 1.29 is 33.3 Å². The van der Waals surface area contributed by atoms with Crippen molar-refractivity contribution in [1.29, 1.82) is 0 Å². The van der Waals surface area contributed by atoms with Gasteiger partial charge < -0.3 is 18.9 Å². The number of hydrogen-bond donors (Lipinski definition) is 0. The zero-order chi connectivity index (χ0) is 29.0. The van der Waals surface area contributed by atoms with Crippen molar-refractivity contribution in [2.45, 2.75) is 44.6 Å². The summed E-state index contributed by atoms with van der Waals surface area (Å²) in [6.07, 6.45) is 8.60. The van der Waals surface area contributed by atoms with Crippen LogP contribution in [0.1, 0.15) is 54.4 Å². The van der Waals surface area contributed by atoms with Crippen LogP contribution in [0.25, 0.3) is 17.2 Å². The summed E-state index contributed by atoms with van der Waals surface area (Å²) >= 11 is 0. The Bertz CT molecular complexity index is 1350. The zero-order valence-electron chi connectivity index (χ0n) is 23.2. The van der Waals surface area contributed by atoms with Crippen molar-refractivity contribution in [3.8, 4) is 22.6 Å². The van der Waals surface area contributed by atoms with E-state index in [0.717, 1.165) is 48.8 Å². The van der Waals surface area contributed by atoms with E-state index in [1.54, 1.807) is 42.5 Å². The molecule has 1 aliphatic rings. The molecule has 0 saturated carbocycles. The Labute approximate surface area is 240 Å². The second-order valence-electron chi connectivity index (χ2n) is 9.80. The molecule has 0 amide bonds. The Morgan fingerprint density at radius 3 is 2.15 bits per heavy atom. The van der Waals surface area contributed by atoms with Crippen molar-refractivity contribution >= 4 is 24.0 Å². The molecule has 7 heteroatoms. The molecular formula is C34H34O7. The number of hydrogen-bond acceptors (Lipinski definition) is 7. The highest BCUT2D eigenvalue weighted by atomic mass is 16.6. The van der Waals surface area contributed by atoms with E-state index < -0.39 is 11.9 Å². The number of cyclic esters (lactones) is 1. The topological polar surface area (TPSA) is 88.1 Å². The molecule has 1 aliphatic heterocycles. The van der Waals surface area contributed by atoms with Gasteiger partial charge in [0, 0.05) is 18.1 Å².